The number of amides is 2. The summed E-state index contributed by atoms with van der Waals surface area (Å²) in [5, 5.41) is 2.96. The van der Waals surface area contributed by atoms with E-state index in [1.807, 2.05) is 18.2 Å². The van der Waals surface area contributed by atoms with Gasteiger partial charge < -0.3 is 15.1 Å². The molecule has 0 aliphatic carbocycles. The monoisotopic (exact) mass is 355 g/mol. The summed E-state index contributed by atoms with van der Waals surface area (Å²) in [5.41, 5.74) is 2.99. The van der Waals surface area contributed by atoms with Crippen LogP contribution in [0.3, 0.4) is 0 Å². The van der Waals surface area contributed by atoms with Crippen molar-refractivity contribution in [2.45, 2.75) is 26.2 Å². The van der Waals surface area contributed by atoms with Crippen molar-refractivity contribution in [1.29, 1.82) is 0 Å². The molecule has 0 unspecified atom stereocenters. The van der Waals surface area contributed by atoms with Crippen molar-refractivity contribution < 1.29 is 9.18 Å². The molecular weight excluding hydrogens is 329 g/mol. The molecule has 0 atom stereocenters. The molecule has 0 spiro atoms. The van der Waals surface area contributed by atoms with Gasteiger partial charge in [0, 0.05) is 37.6 Å². The van der Waals surface area contributed by atoms with Gasteiger partial charge in [0.25, 0.3) is 0 Å². The number of urea groups is 1. The third-order valence-electron chi connectivity index (χ3n) is 4.74. The van der Waals surface area contributed by atoms with Crippen LogP contribution in [0.5, 0.6) is 0 Å². The molecule has 0 aromatic heterocycles. The minimum Gasteiger partial charge on any atom is -0.368 e. The summed E-state index contributed by atoms with van der Waals surface area (Å²) in [4.78, 5) is 16.4. The first-order chi connectivity index (χ1) is 12.3. The van der Waals surface area contributed by atoms with Crippen molar-refractivity contribution in [3.05, 3.63) is 59.9 Å². The van der Waals surface area contributed by atoms with Crippen LogP contribution in [-0.2, 0) is 5.41 Å². The van der Waals surface area contributed by atoms with Crippen molar-refractivity contribution >= 4 is 17.4 Å². The van der Waals surface area contributed by atoms with Crippen LogP contribution in [-0.4, -0.2) is 37.1 Å². The van der Waals surface area contributed by atoms with Crippen LogP contribution in [0.4, 0.5) is 20.6 Å². The van der Waals surface area contributed by atoms with Crippen molar-refractivity contribution in [3.63, 3.8) is 0 Å². The third kappa shape index (κ3) is 4.34. The SMILES string of the molecule is CC(C)(C)c1ccc(NC(=O)N2CCN(c3cccc(F)c3)CC2)cc1. The number of benzene rings is 2. The molecule has 2 amide bonds. The van der Waals surface area contributed by atoms with E-state index in [1.165, 1.54) is 17.7 Å². The highest BCUT2D eigenvalue weighted by Crippen LogP contribution is 2.24. The fraction of sp³-hybridized carbons (Fsp3) is 0.381. The van der Waals surface area contributed by atoms with Gasteiger partial charge in [0.2, 0.25) is 0 Å². The molecule has 2 aromatic carbocycles. The standard InChI is InChI=1S/C21H26FN3O/c1-21(2,3)16-7-9-18(10-8-16)23-20(26)25-13-11-24(12-14-25)19-6-4-5-17(22)15-19/h4-10,15H,11-14H2,1-3H3,(H,23,26). The highest BCUT2D eigenvalue weighted by atomic mass is 19.1. The Morgan fingerprint density at radius 1 is 1.00 bits per heavy atom. The zero-order valence-corrected chi connectivity index (χ0v) is 15.6. The van der Waals surface area contributed by atoms with Crippen LogP contribution in [0.25, 0.3) is 0 Å². The van der Waals surface area contributed by atoms with Gasteiger partial charge in [-0.3, -0.25) is 0 Å². The van der Waals surface area contributed by atoms with Crippen LogP contribution in [0.1, 0.15) is 26.3 Å². The van der Waals surface area contributed by atoms with E-state index in [0.29, 0.717) is 26.2 Å². The van der Waals surface area contributed by atoms with E-state index < -0.39 is 0 Å². The summed E-state index contributed by atoms with van der Waals surface area (Å²) in [6.07, 6.45) is 0. The van der Waals surface area contributed by atoms with Gasteiger partial charge in [-0.25, -0.2) is 9.18 Å². The molecule has 1 heterocycles. The second-order valence-electron chi connectivity index (χ2n) is 7.71. The van der Waals surface area contributed by atoms with Crippen molar-refractivity contribution in [2.24, 2.45) is 0 Å². The van der Waals surface area contributed by atoms with Crippen LogP contribution in [0.15, 0.2) is 48.5 Å². The number of nitrogens with zero attached hydrogens (tertiary/aromatic N) is 2. The van der Waals surface area contributed by atoms with Gasteiger partial charge in [0.1, 0.15) is 5.82 Å². The van der Waals surface area contributed by atoms with E-state index in [-0.39, 0.29) is 17.3 Å². The number of rotatable bonds is 2. The van der Waals surface area contributed by atoms with Gasteiger partial charge in [-0.2, -0.15) is 0 Å². The zero-order chi connectivity index (χ0) is 18.7. The maximum Gasteiger partial charge on any atom is 0.321 e. The first kappa shape index (κ1) is 18.2. The quantitative estimate of drug-likeness (QED) is 0.862. The fourth-order valence-electron chi connectivity index (χ4n) is 3.10. The summed E-state index contributed by atoms with van der Waals surface area (Å²) in [5.74, 6) is -0.235. The van der Waals surface area contributed by atoms with Crippen LogP contribution >= 0.6 is 0 Å². The van der Waals surface area contributed by atoms with Gasteiger partial charge in [0.05, 0.1) is 0 Å². The zero-order valence-electron chi connectivity index (χ0n) is 15.6. The maximum atomic E-state index is 13.4. The molecule has 1 N–H and O–H groups in total. The number of hydrogen-bond donors (Lipinski definition) is 1. The Morgan fingerprint density at radius 2 is 1.65 bits per heavy atom. The lowest BCUT2D eigenvalue weighted by molar-refractivity contribution is 0.208. The Balaban J connectivity index is 1.55. The molecule has 4 nitrogen and oxygen atoms in total. The lowest BCUT2D eigenvalue weighted by Gasteiger charge is -2.36. The Labute approximate surface area is 154 Å². The highest BCUT2D eigenvalue weighted by Gasteiger charge is 2.22. The molecule has 1 fully saturated rings. The van der Waals surface area contributed by atoms with Crippen LogP contribution in [0, 0.1) is 5.82 Å². The second kappa shape index (κ2) is 7.36. The predicted molar refractivity (Wildman–Crippen MR) is 104 cm³/mol. The molecule has 0 bridgehead atoms. The van der Waals surface area contributed by atoms with Gasteiger partial charge in [-0.1, -0.05) is 39.0 Å². The number of nitrogens with one attached hydrogen (secondary N) is 1. The largest absolute Gasteiger partial charge is 0.368 e. The summed E-state index contributed by atoms with van der Waals surface area (Å²) in [6, 6.07) is 14.5. The molecule has 5 heteroatoms. The molecule has 1 saturated heterocycles. The predicted octanol–water partition coefficient (Wildman–Crippen LogP) is 4.48. The van der Waals surface area contributed by atoms with Gasteiger partial charge >= 0.3 is 6.03 Å². The fourth-order valence-corrected chi connectivity index (χ4v) is 3.10. The van der Waals surface area contributed by atoms with E-state index in [1.54, 1.807) is 11.0 Å². The number of hydrogen-bond acceptors (Lipinski definition) is 2. The van der Waals surface area contributed by atoms with Crippen LogP contribution < -0.4 is 10.2 Å². The molecule has 1 aliphatic rings. The molecular formula is C21H26FN3O. The number of halogens is 1. The Kier molecular flexibility index (Phi) is 5.16. The normalized spacial score (nSPS) is 15.1. The average molecular weight is 355 g/mol. The first-order valence-electron chi connectivity index (χ1n) is 9.00. The lowest BCUT2D eigenvalue weighted by atomic mass is 9.87. The average Bonchev–Trinajstić information content (AvgIpc) is 2.61. The topological polar surface area (TPSA) is 35.6 Å². The van der Waals surface area contributed by atoms with Gasteiger partial charge in [-0.15, -0.1) is 0 Å². The molecule has 26 heavy (non-hydrogen) atoms. The second-order valence-corrected chi connectivity index (χ2v) is 7.71. The smallest absolute Gasteiger partial charge is 0.321 e. The van der Waals surface area contributed by atoms with E-state index >= 15 is 0 Å². The third-order valence-corrected chi connectivity index (χ3v) is 4.74. The maximum absolute atomic E-state index is 13.4. The minimum atomic E-state index is -0.235. The molecule has 2 aromatic rings. The Hall–Kier alpha value is -2.56. The Bertz CT molecular complexity index is 760. The summed E-state index contributed by atoms with van der Waals surface area (Å²) in [6.45, 7) is 9.11. The van der Waals surface area contributed by atoms with Crippen molar-refractivity contribution in [3.8, 4) is 0 Å². The van der Waals surface area contributed by atoms with Gasteiger partial charge in [0.15, 0.2) is 0 Å². The first-order valence-corrected chi connectivity index (χ1v) is 9.00. The lowest BCUT2D eigenvalue weighted by Crippen LogP contribution is -2.50. The number of carbonyl (C=O) groups is 1. The molecule has 0 radical (unpaired) electrons. The number of carbonyl (C=O) groups excluding carboxylic acids is 1. The van der Waals surface area contributed by atoms with Crippen LogP contribution in [0.2, 0.25) is 0 Å². The van der Waals surface area contributed by atoms with Gasteiger partial charge in [-0.05, 0) is 41.3 Å². The summed E-state index contributed by atoms with van der Waals surface area (Å²) in [7, 11) is 0. The Morgan fingerprint density at radius 3 is 2.23 bits per heavy atom. The molecule has 0 saturated carbocycles. The van der Waals surface area contributed by atoms with Crippen molar-refractivity contribution in [1.82, 2.24) is 4.90 Å². The molecule has 3 rings (SSSR count). The van der Waals surface area contributed by atoms with E-state index in [4.69, 9.17) is 0 Å². The molecule has 138 valence electrons. The van der Waals surface area contributed by atoms with Crippen molar-refractivity contribution in [2.75, 3.05) is 36.4 Å². The van der Waals surface area contributed by atoms with E-state index in [9.17, 15) is 9.18 Å². The molecule has 1 aliphatic heterocycles. The summed E-state index contributed by atoms with van der Waals surface area (Å²) < 4.78 is 13.4. The highest BCUT2D eigenvalue weighted by molar-refractivity contribution is 5.89. The summed E-state index contributed by atoms with van der Waals surface area (Å²) >= 11 is 0. The number of piperazine rings is 1. The van der Waals surface area contributed by atoms with E-state index in [2.05, 4.69) is 43.1 Å². The minimum absolute atomic E-state index is 0.0904. The number of anilines is 2. The van der Waals surface area contributed by atoms with E-state index in [0.717, 1.165) is 11.4 Å².